The standard InChI is InChI=1S/C18H30O4/c1-14(13-21-18-8-4-6-10-20-18)11-16-12-15(2)17(22-16)7-3-5-9-19/h11-12,16-19H,3-10,13H2,1-2H3/b14-11+/t16-,17-,18?/m1/s1. The molecule has 1 saturated heterocycles. The first-order chi connectivity index (χ1) is 10.7. The van der Waals surface area contributed by atoms with Crippen LogP contribution in [0.3, 0.4) is 0 Å². The first kappa shape index (κ1) is 17.7. The molecule has 126 valence electrons. The van der Waals surface area contributed by atoms with E-state index in [1.807, 2.05) is 0 Å². The van der Waals surface area contributed by atoms with Crippen molar-refractivity contribution < 1.29 is 19.3 Å². The third-order valence-corrected chi connectivity index (χ3v) is 4.21. The van der Waals surface area contributed by atoms with Crippen molar-refractivity contribution in [3.8, 4) is 0 Å². The SMILES string of the molecule is CC1=C[C@@H](/C=C(\C)COC2CCCCO2)O[C@@H]1CCCCO. The van der Waals surface area contributed by atoms with Crippen molar-refractivity contribution in [1.29, 1.82) is 0 Å². The van der Waals surface area contributed by atoms with Crippen LogP contribution < -0.4 is 0 Å². The minimum Gasteiger partial charge on any atom is -0.396 e. The molecular weight excluding hydrogens is 280 g/mol. The zero-order valence-electron chi connectivity index (χ0n) is 13.9. The van der Waals surface area contributed by atoms with Gasteiger partial charge in [0.2, 0.25) is 0 Å². The van der Waals surface area contributed by atoms with Gasteiger partial charge < -0.3 is 19.3 Å². The van der Waals surface area contributed by atoms with Crippen molar-refractivity contribution in [3.63, 3.8) is 0 Å². The molecule has 22 heavy (non-hydrogen) atoms. The Labute approximate surface area is 134 Å². The van der Waals surface area contributed by atoms with Crippen LogP contribution in [0.25, 0.3) is 0 Å². The second-order valence-electron chi connectivity index (χ2n) is 6.34. The van der Waals surface area contributed by atoms with Crippen molar-refractivity contribution in [2.24, 2.45) is 0 Å². The van der Waals surface area contributed by atoms with Crippen LogP contribution in [0.1, 0.15) is 52.4 Å². The summed E-state index contributed by atoms with van der Waals surface area (Å²) in [6.45, 7) is 5.88. The number of rotatable bonds is 8. The summed E-state index contributed by atoms with van der Waals surface area (Å²) in [5.74, 6) is 0. The van der Waals surface area contributed by atoms with E-state index in [2.05, 4.69) is 26.0 Å². The van der Waals surface area contributed by atoms with Crippen LogP contribution in [0.4, 0.5) is 0 Å². The molecule has 2 aliphatic heterocycles. The van der Waals surface area contributed by atoms with Gasteiger partial charge in [-0.2, -0.15) is 0 Å². The third kappa shape index (κ3) is 5.84. The minimum atomic E-state index is -0.0369. The Hall–Kier alpha value is -0.680. The van der Waals surface area contributed by atoms with Crippen molar-refractivity contribution >= 4 is 0 Å². The maximum absolute atomic E-state index is 8.85. The Bertz CT molecular complexity index is 383. The molecule has 3 atom stereocenters. The molecule has 0 aliphatic carbocycles. The molecule has 1 N–H and O–H groups in total. The molecule has 0 aromatic heterocycles. The largest absolute Gasteiger partial charge is 0.396 e. The van der Waals surface area contributed by atoms with Crippen LogP contribution in [-0.4, -0.2) is 43.4 Å². The lowest BCUT2D eigenvalue weighted by Crippen LogP contribution is -2.23. The summed E-state index contributed by atoms with van der Waals surface area (Å²) in [5, 5.41) is 8.85. The summed E-state index contributed by atoms with van der Waals surface area (Å²) >= 11 is 0. The number of hydrogen-bond acceptors (Lipinski definition) is 4. The smallest absolute Gasteiger partial charge is 0.158 e. The summed E-state index contributed by atoms with van der Waals surface area (Å²) in [5.41, 5.74) is 2.47. The molecule has 0 aromatic rings. The number of hydrogen-bond donors (Lipinski definition) is 1. The maximum atomic E-state index is 8.85. The number of ether oxygens (including phenoxy) is 3. The molecule has 0 radical (unpaired) electrons. The zero-order valence-corrected chi connectivity index (χ0v) is 13.9. The van der Waals surface area contributed by atoms with Crippen LogP contribution in [0.5, 0.6) is 0 Å². The van der Waals surface area contributed by atoms with E-state index in [0.29, 0.717) is 6.61 Å². The molecule has 2 aliphatic rings. The average Bonchev–Trinajstić information content (AvgIpc) is 2.86. The molecular formula is C18H30O4. The number of unbranched alkanes of at least 4 members (excludes halogenated alkanes) is 1. The van der Waals surface area contributed by atoms with E-state index >= 15 is 0 Å². The monoisotopic (exact) mass is 310 g/mol. The third-order valence-electron chi connectivity index (χ3n) is 4.21. The van der Waals surface area contributed by atoms with Gasteiger partial charge in [-0.05, 0) is 63.5 Å². The highest BCUT2D eigenvalue weighted by atomic mass is 16.7. The Morgan fingerprint density at radius 1 is 1.41 bits per heavy atom. The Balaban J connectivity index is 1.72. The second-order valence-corrected chi connectivity index (χ2v) is 6.34. The quantitative estimate of drug-likeness (QED) is 0.552. The number of aliphatic hydroxyl groups excluding tert-OH is 1. The van der Waals surface area contributed by atoms with Gasteiger partial charge >= 0.3 is 0 Å². The van der Waals surface area contributed by atoms with Gasteiger partial charge in [0.15, 0.2) is 6.29 Å². The molecule has 2 heterocycles. The summed E-state index contributed by atoms with van der Waals surface area (Å²) < 4.78 is 17.4. The van der Waals surface area contributed by atoms with E-state index in [1.165, 1.54) is 17.6 Å². The first-order valence-electron chi connectivity index (χ1n) is 8.54. The van der Waals surface area contributed by atoms with Gasteiger partial charge in [-0.15, -0.1) is 0 Å². The normalized spacial score (nSPS) is 29.7. The predicted octanol–water partition coefficient (Wildman–Crippen LogP) is 3.35. The predicted molar refractivity (Wildman–Crippen MR) is 86.7 cm³/mol. The molecule has 0 spiro atoms. The van der Waals surface area contributed by atoms with Crippen LogP contribution >= 0.6 is 0 Å². The van der Waals surface area contributed by atoms with Gasteiger partial charge in [0.1, 0.15) is 0 Å². The lowest BCUT2D eigenvalue weighted by Gasteiger charge is -2.23. The molecule has 4 nitrogen and oxygen atoms in total. The topological polar surface area (TPSA) is 47.9 Å². The van der Waals surface area contributed by atoms with Crippen molar-refractivity contribution in [2.75, 3.05) is 19.8 Å². The van der Waals surface area contributed by atoms with Gasteiger partial charge in [-0.3, -0.25) is 0 Å². The maximum Gasteiger partial charge on any atom is 0.158 e. The van der Waals surface area contributed by atoms with E-state index in [1.54, 1.807) is 0 Å². The van der Waals surface area contributed by atoms with E-state index in [4.69, 9.17) is 19.3 Å². The molecule has 0 saturated carbocycles. The van der Waals surface area contributed by atoms with E-state index < -0.39 is 0 Å². The molecule has 0 bridgehead atoms. The lowest BCUT2D eigenvalue weighted by molar-refractivity contribution is -0.156. The van der Waals surface area contributed by atoms with Crippen molar-refractivity contribution in [1.82, 2.24) is 0 Å². The Kier molecular flexibility index (Phi) is 7.60. The molecule has 0 amide bonds. The summed E-state index contributed by atoms with van der Waals surface area (Å²) in [4.78, 5) is 0. The lowest BCUT2D eigenvalue weighted by atomic mass is 10.1. The summed E-state index contributed by atoms with van der Waals surface area (Å²) in [7, 11) is 0. The van der Waals surface area contributed by atoms with Crippen LogP contribution in [0.2, 0.25) is 0 Å². The molecule has 2 rings (SSSR count). The van der Waals surface area contributed by atoms with E-state index in [0.717, 1.165) is 38.7 Å². The van der Waals surface area contributed by atoms with Gasteiger partial charge in [-0.1, -0.05) is 12.2 Å². The van der Waals surface area contributed by atoms with Crippen molar-refractivity contribution in [3.05, 3.63) is 23.3 Å². The second kappa shape index (κ2) is 9.46. The zero-order chi connectivity index (χ0) is 15.8. The molecule has 1 unspecified atom stereocenters. The van der Waals surface area contributed by atoms with Crippen molar-refractivity contribution in [2.45, 2.75) is 70.9 Å². The van der Waals surface area contributed by atoms with Gasteiger partial charge in [0.05, 0.1) is 18.8 Å². The first-order valence-corrected chi connectivity index (χ1v) is 8.54. The fourth-order valence-electron chi connectivity index (χ4n) is 2.92. The average molecular weight is 310 g/mol. The highest BCUT2D eigenvalue weighted by Crippen LogP contribution is 2.25. The fourth-order valence-corrected chi connectivity index (χ4v) is 2.92. The van der Waals surface area contributed by atoms with Crippen LogP contribution in [-0.2, 0) is 14.2 Å². The van der Waals surface area contributed by atoms with Gasteiger partial charge in [0.25, 0.3) is 0 Å². The molecule has 1 fully saturated rings. The fraction of sp³-hybridized carbons (Fsp3) is 0.778. The summed E-state index contributed by atoms with van der Waals surface area (Å²) in [6.07, 6.45) is 10.7. The Morgan fingerprint density at radius 3 is 3.00 bits per heavy atom. The van der Waals surface area contributed by atoms with E-state index in [9.17, 15) is 0 Å². The number of aliphatic hydroxyl groups is 1. The highest BCUT2D eigenvalue weighted by Gasteiger charge is 2.22. The summed E-state index contributed by atoms with van der Waals surface area (Å²) in [6, 6.07) is 0. The Morgan fingerprint density at radius 2 is 2.27 bits per heavy atom. The van der Waals surface area contributed by atoms with Gasteiger partial charge in [0, 0.05) is 13.2 Å². The van der Waals surface area contributed by atoms with Crippen LogP contribution in [0.15, 0.2) is 23.3 Å². The van der Waals surface area contributed by atoms with E-state index in [-0.39, 0.29) is 25.1 Å². The van der Waals surface area contributed by atoms with Gasteiger partial charge in [-0.25, -0.2) is 0 Å². The highest BCUT2D eigenvalue weighted by molar-refractivity contribution is 5.20. The molecule has 0 aromatic carbocycles. The molecule has 4 heteroatoms. The van der Waals surface area contributed by atoms with Crippen LogP contribution in [0, 0.1) is 0 Å². The minimum absolute atomic E-state index is 0.0369.